The molecular weight excluding hydrogens is 224 g/mol. The van der Waals surface area contributed by atoms with Gasteiger partial charge in [-0.2, -0.15) is 0 Å². The maximum absolute atomic E-state index is 5.30. The number of rotatable bonds is 2. The van der Waals surface area contributed by atoms with Crippen molar-refractivity contribution < 1.29 is 9.47 Å². The maximum atomic E-state index is 5.30. The lowest BCUT2D eigenvalue weighted by Crippen LogP contribution is -1.94. The van der Waals surface area contributed by atoms with Crippen molar-refractivity contribution in [2.24, 2.45) is 0 Å². The Balaban J connectivity index is 2.27. The zero-order chi connectivity index (χ0) is 11.1. The Hall–Kier alpha value is -1.36. The molecule has 0 N–H and O–H groups in total. The van der Waals surface area contributed by atoms with Crippen LogP contribution in [0, 0.1) is 0 Å². The van der Waals surface area contributed by atoms with Gasteiger partial charge in [0.1, 0.15) is 0 Å². The number of nitrogens with zero attached hydrogens (tertiary/aromatic N) is 2. The summed E-state index contributed by atoms with van der Waals surface area (Å²) in [7, 11) is 3.29. The first-order valence-corrected chi connectivity index (χ1v) is 6.07. The number of aryl methyl sites for hydroxylation is 1. The fraction of sp³-hybridized carbons (Fsp3) is 0.364. The predicted molar refractivity (Wildman–Crippen MR) is 63.6 cm³/mol. The normalized spacial score (nSPS) is 14.1. The van der Waals surface area contributed by atoms with Crippen molar-refractivity contribution in [2.75, 3.05) is 20.0 Å². The summed E-state index contributed by atoms with van der Waals surface area (Å²) in [6.45, 7) is 1.02. The van der Waals surface area contributed by atoms with Gasteiger partial charge in [-0.1, -0.05) is 11.8 Å². The number of ether oxygens (including phenoxy) is 2. The second-order valence-corrected chi connectivity index (χ2v) is 4.65. The topological polar surface area (TPSA) is 36.3 Å². The average Bonchev–Trinajstić information content (AvgIpc) is 2.87. The molecule has 0 atom stereocenters. The van der Waals surface area contributed by atoms with Crippen LogP contribution in [0.4, 0.5) is 0 Å². The number of methoxy groups -OCH3 is 2. The number of thioether (sulfide) groups is 1. The second-order valence-electron chi connectivity index (χ2n) is 3.59. The zero-order valence-electron chi connectivity index (χ0n) is 9.19. The third-order valence-electron chi connectivity index (χ3n) is 2.76. The monoisotopic (exact) mass is 236 g/mol. The summed E-state index contributed by atoms with van der Waals surface area (Å²) >= 11 is 1.79. The van der Waals surface area contributed by atoms with E-state index in [0.717, 1.165) is 40.0 Å². The van der Waals surface area contributed by atoms with Crippen LogP contribution in [0.25, 0.3) is 11.0 Å². The van der Waals surface area contributed by atoms with Gasteiger partial charge in [-0.25, -0.2) is 4.98 Å². The van der Waals surface area contributed by atoms with E-state index in [1.165, 1.54) is 0 Å². The summed E-state index contributed by atoms with van der Waals surface area (Å²) in [4.78, 5) is 4.57. The average molecular weight is 236 g/mol. The molecule has 0 spiro atoms. The van der Waals surface area contributed by atoms with E-state index < -0.39 is 0 Å². The summed E-state index contributed by atoms with van der Waals surface area (Å²) < 4.78 is 12.8. The summed E-state index contributed by atoms with van der Waals surface area (Å²) in [5, 5.41) is 1.09. The molecule has 2 aromatic rings. The van der Waals surface area contributed by atoms with E-state index in [1.54, 1.807) is 26.0 Å². The molecule has 5 heteroatoms. The number of hydrogen-bond donors (Lipinski definition) is 0. The maximum Gasteiger partial charge on any atom is 0.169 e. The van der Waals surface area contributed by atoms with Crippen molar-refractivity contribution in [1.82, 2.24) is 9.55 Å². The van der Waals surface area contributed by atoms with E-state index in [9.17, 15) is 0 Å². The highest BCUT2D eigenvalue weighted by Gasteiger charge is 2.18. The lowest BCUT2D eigenvalue weighted by molar-refractivity contribution is 0.355. The molecule has 3 rings (SSSR count). The van der Waals surface area contributed by atoms with E-state index >= 15 is 0 Å². The van der Waals surface area contributed by atoms with Gasteiger partial charge in [0.2, 0.25) is 0 Å². The summed E-state index contributed by atoms with van der Waals surface area (Å²) in [5.41, 5.74) is 2.09. The molecule has 0 fully saturated rings. The van der Waals surface area contributed by atoms with E-state index in [4.69, 9.17) is 9.47 Å². The molecule has 1 aromatic heterocycles. The molecule has 1 aromatic carbocycles. The fourth-order valence-electron chi connectivity index (χ4n) is 1.98. The summed E-state index contributed by atoms with van der Waals surface area (Å²) in [5.74, 6) is 2.60. The lowest BCUT2D eigenvalue weighted by Gasteiger charge is -2.07. The van der Waals surface area contributed by atoms with Crippen LogP contribution in [0.15, 0.2) is 17.3 Å². The van der Waals surface area contributed by atoms with Crippen LogP contribution >= 0.6 is 11.8 Å². The number of hydrogen-bond acceptors (Lipinski definition) is 4. The summed E-state index contributed by atoms with van der Waals surface area (Å²) in [6, 6.07) is 3.93. The quantitative estimate of drug-likeness (QED) is 0.800. The van der Waals surface area contributed by atoms with Gasteiger partial charge in [0.25, 0.3) is 0 Å². The van der Waals surface area contributed by atoms with Gasteiger partial charge in [0.05, 0.1) is 25.3 Å². The first-order valence-electron chi connectivity index (χ1n) is 5.08. The number of benzene rings is 1. The van der Waals surface area contributed by atoms with E-state index in [2.05, 4.69) is 9.55 Å². The van der Waals surface area contributed by atoms with Crippen molar-refractivity contribution >= 4 is 22.8 Å². The first-order chi connectivity index (χ1) is 7.83. The third kappa shape index (κ3) is 1.28. The van der Waals surface area contributed by atoms with Crippen LogP contribution in [-0.2, 0) is 6.54 Å². The van der Waals surface area contributed by atoms with Crippen LogP contribution in [0.2, 0.25) is 0 Å². The zero-order valence-corrected chi connectivity index (χ0v) is 10.0. The largest absolute Gasteiger partial charge is 0.493 e. The van der Waals surface area contributed by atoms with Gasteiger partial charge in [0.15, 0.2) is 16.7 Å². The van der Waals surface area contributed by atoms with Gasteiger partial charge in [-0.05, 0) is 0 Å². The Labute approximate surface area is 97.6 Å². The van der Waals surface area contributed by atoms with E-state index in [1.807, 2.05) is 12.1 Å². The van der Waals surface area contributed by atoms with Crippen LogP contribution in [0.5, 0.6) is 11.5 Å². The molecule has 16 heavy (non-hydrogen) atoms. The Bertz CT molecular complexity index is 550. The standard InChI is InChI=1S/C11H12N2O2S/c1-14-9-5-7-8(6-10(9)15-2)13-3-4-16-11(13)12-7/h5-6H,3-4H2,1-2H3. The van der Waals surface area contributed by atoms with Gasteiger partial charge >= 0.3 is 0 Å². The summed E-state index contributed by atoms with van der Waals surface area (Å²) in [6.07, 6.45) is 0. The number of imidazole rings is 1. The minimum Gasteiger partial charge on any atom is -0.493 e. The Morgan fingerprint density at radius 3 is 2.75 bits per heavy atom. The van der Waals surface area contributed by atoms with Crippen molar-refractivity contribution in [3.8, 4) is 11.5 Å². The molecule has 0 saturated carbocycles. The molecule has 0 saturated heterocycles. The Morgan fingerprint density at radius 1 is 1.25 bits per heavy atom. The first kappa shape index (κ1) is 9.84. The molecule has 0 bridgehead atoms. The molecule has 0 radical (unpaired) electrons. The van der Waals surface area contributed by atoms with Crippen LogP contribution in [0.1, 0.15) is 0 Å². The number of aromatic nitrogens is 2. The van der Waals surface area contributed by atoms with Crippen LogP contribution < -0.4 is 9.47 Å². The van der Waals surface area contributed by atoms with Crippen molar-refractivity contribution in [3.05, 3.63) is 12.1 Å². The highest BCUT2D eigenvalue weighted by Crippen LogP contribution is 2.36. The van der Waals surface area contributed by atoms with Crippen molar-refractivity contribution in [2.45, 2.75) is 11.7 Å². The predicted octanol–water partition coefficient (Wildman–Crippen LogP) is 2.16. The second kappa shape index (κ2) is 3.59. The van der Waals surface area contributed by atoms with Crippen molar-refractivity contribution in [1.29, 1.82) is 0 Å². The molecule has 1 aliphatic rings. The Kier molecular flexibility index (Phi) is 2.21. The molecule has 2 heterocycles. The van der Waals surface area contributed by atoms with Gasteiger partial charge in [0, 0.05) is 24.4 Å². The van der Waals surface area contributed by atoms with E-state index in [0.29, 0.717) is 0 Å². The third-order valence-corrected chi connectivity index (χ3v) is 3.72. The van der Waals surface area contributed by atoms with Gasteiger partial charge in [-0.15, -0.1) is 0 Å². The minimum absolute atomic E-state index is 0.733. The fourth-order valence-corrected chi connectivity index (χ4v) is 2.95. The lowest BCUT2D eigenvalue weighted by atomic mass is 10.2. The molecule has 84 valence electrons. The highest BCUT2D eigenvalue weighted by atomic mass is 32.2. The molecule has 4 nitrogen and oxygen atoms in total. The number of fused-ring (bicyclic) bond motifs is 3. The van der Waals surface area contributed by atoms with Crippen molar-refractivity contribution in [3.63, 3.8) is 0 Å². The van der Waals surface area contributed by atoms with Crippen LogP contribution in [-0.4, -0.2) is 29.5 Å². The molecule has 0 aliphatic carbocycles. The molecular formula is C11H12N2O2S. The molecule has 1 aliphatic heterocycles. The Morgan fingerprint density at radius 2 is 2.00 bits per heavy atom. The molecule has 0 unspecified atom stereocenters. The smallest absolute Gasteiger partial charge is 0.169 e. The van der Waals surface area contributed by atoms with E-state index in [-0.39, 0.29) is 0 Å². The minimum atomic E-state index is 0.733. The SMILES string of the molecule is COc1cc2nc3n(c2cc1OC)CCS3. The van der Waals surface area contributed by atoms with Gasteiger partial charge < -0.3 is 14.0 Å². The highest BCUT2D eigenvalue weighted by molar-refractivity contribution is 7.99. The van der Waals surface area contributed by atoms with Crippen LogP contribution in [0.3, 0.4) is 0 Å². The molecule has 0 amide bonds. The van der Waals surface area contributed by atoms with Gasteiger partial charge in [-0.3, -0.25) is 0 Å².